The Balaban J connectivity index is 2.10. The zero-order valence-electron chi connectivity index (χ0n) is 11.0. The second-order valence-electron chi connectivity index (χ2n) is 4.64. The molecule has 0 spiro atoms. The van der Waals surface area contributed by atoms with Gasteiger partial charge in [0.1, 0.15) is 11.6 Å². The summed E-state index contributed by atoms with van der Waals surface area (Å²) in [6, 6.07) is 7.82. The number of anilines is 1. The summed E-state index contributed by atoms with van der Waals surface area (Å²) in [4.78, 5) is 9.10. The van der Waals surface area contributed by atoms with Crippen LogP contribution in [-0.4, -0.2) is 16.6 Å². The van der Waals surface area contributed by atoms with Gasteiger partial charge in [-0.15, -0.1) is 0 Å². The first kappa shape index (κ1) is 12.0. The SMILES string of the molecule is CCOc1ccccc1-c1nc(N)c2c(n1)CCC2. The van der Waals surface area contributed by atoms with Crippen molar-refractivity contribution < 1.29 is 4.74 Å². The van der Waals surface area contributed by atoms with Crippen LogP contribution in [-0.2, 0) is 12.8 Å². The highest BCUT2D eigenvalue weighted by atomic mass is 16.5. The standard InChI is InChI=1S/C15H17N3O/c1-2-19-13-9-4-3-6-11(13)15-17-12-8-5-7-10(12)14(16)18-15/h3-4,6,9H,2,5,7-8H2,1H3,(H2,16,17,18). The summed E-state index contributed by atoms with van der Waals surface area (Å²) < 4.78 is 5.63. The van der Waals surface area contributed by atoms with Crippen molar-refractivity contribution in [1.29, 1.82) is 0 Å². The maximum Gasteiger partial charge on any atom is 0.165 e. The number of aromatic nitrogens is 2. The van der Waals surface area contributed by atoms with Crippen LogP contribution in [0.1, 0.15) is 24.6 Å². The maximum absolute atomic E-state index is 6.04. The maximum atomic E-state index is 6.04. The second kappa shape index (κ2) is 4.88. The van der Waals surface area contributed by atoms with Crippen LogP contribution in [0, 0.1) is 0 Å². The topological polar surface area (TPSA) is 61.0 Å². The summed E-state index contributed by atoms with van der Waals surface area (Å²) in [6.07, 6.45) is 3.10. The summed E-state index contributed by atoms with van der Waals surface area (Å²) in [5.74, 6) is 2.09. The summed E-state index contributed by atoms with van der Waals surface area (Å²) in [7, 11) is 0. The summed E-state index contributed by atoms with van der Waals surface area (Å²) in [6.45, 7) is 2.59. The highest BCUT2D eigenvalue weighted by Crippen LogP contribution is 2.31. The first-order chi connectivity index (χ1) is 9.29. The molecular weight excluding hydrogens is 238 g/mol. The summed E-state index contributed by atoms with van der Waals surface area (Å²) >= 11 is 0. The molecule has 0 radical (unpaired) electrons. The summed E-state index contributed by atoms with van der Waals surface area (Å²) in [5, 5.41) is 0. The van der Waals surface area contributed by atoms with E-state index in [0.717, 1.165) is 41.8 Å². The van der Waals surface area contributed by atoms with E-state index in [1.807, 2.05) is 31.2 Å². The molecule has 1 aliphatic rings. The molecule has 0 amide bonds. The molecule has 98 valence electrons. The Hall–Kier alpha value is -2.10. The fourth-order valence-electron chi connectivity index (χ4n) is 2.51. The molecule has 0 fully saturated rings. The van der Waals surface area contributed by atoms with Gasteiger partial charge in [-0.1, -0.05) is 12.1 Å². The van der Waals surface area contributed by atoms with Crippen molar-refractivity contribution in [2.75, 3.05) is 12.3 Å². The minimum atomic E-state index is 0.615. The van der Waals surface area contributed by atoms with Crippen molar-refractivity contribution in [3.8, 4) is 17.1 Å². The molecule has 1 aromatic carbocycles. The predicted molar refractivity (Wildman–Crippen MR) is 75.1 cm³/mol. The molecule has 2 N–H and O–H groups in total. The number of hydrogen-bond acceptors (Lipinski definition) is 4. The van der Waals surface area contributed by atoms with Gasteiger partial charge in [0.05, 0.1) is 12.2 Å². The second-order valence-corrected chi connectivity index (χ2v) is 4.64. The van der Waals surface area contributed by atoms with Gasteiger partial charge in [-0.05, 0) is 38.3 Å². The fourth-order valence-corrected chi connectivity index (χ4v) is 2.51. The Morgan fingerprint density at radius 1 is 1.21 bits per heavy atom. The smallest absolute Gasteiger partial charge is 0.165 e. The zero-order valence-corrected chi connectivity index (χ0v) is 11.0. The monoisotopic (exact) mass is 255 g/mol. The van der Waals surface area contributed by atoms with Crippen molar-refractivity contribution >= 4 is 5.82 Å². The van der Waals surface area contributed by atoms with E-state index in [-0.39, 0.29) is 0 Å². The van der Waals surface area contributed by atoms with Crippen molar-refractivity contribution in [2.45, 2.75) is 26.2 Å². The van der Waals surface area contributed by atoms with Crippen LogP contribution < -0.4 is 10.5 Å². The molecule has 0 bridgehead atoms. The highest BCUT2D eigenvalue weighted by Gasteiger charge is 2.19. The van der Waals surface area contributed by atoms with E-state index in [1.165, 1.54) is 0 Å². The summed E-state index contributed by atoms with van der Waals surface area (Å²) in [5.41, 5.74) is 9.16. The Kier molecular flexibility index (Phi) is 3.07. The number of para-hydroxylation sites is 1. The molecular formula is C15H17N3O. The Bertz CT molecular complexity index is 610. The molecule has 1 aliphatic carbocycles. The Morgan fingerprint density at radius 3 is 2.89 bits per heavy atom. The van der Waals surface area contributed by atoms with Crippen LogP contribution in [0.15, 0.2) is 24.3 Å². The molecule has 1 heterocycles. The van der Waals surface area contributed by atoms with E-state index in [1.54, 1.807) is 0 Å². The number of benzene rings is 1. The van der Waals surface area contributed by atoms with Crippen LogP contribution in [0.4, 0.5) is 5.82 Å². The van der Waals surface area contributed by atoms with Crippen LogP contribution in [0.25, 0.3) is 11.4 Å². The van der Waals surface area contributed by atoms with Crippen LogP contribution in [0.2, 0.25) is 0 Å². The predicted octanol–water partition coefficient (Wildman–Crippen LogP) is 2.61. The molecule has 4 heteroatoms. The van der Waals surface area contributed by atoms with E-state index in [9.17, 15) is 0 Å². The minimum absolute atomic E-state index is 0.615. The van der Waals surface area contributed by atoms with Crippen molar-refractivity contribution in [2.24, 2.45) is 0 Å². The van der Waals surface area contributed by atoms with E-state index >= 15 is 0 Å². The lowest BCUT2D eigenvalue weighted by molar-refractivity contribution is 0.341. The van der Waals surface area contributed by atoms with Gasteiger partial charge < -0.3 is 10.5 Å². The van der Waals surface area contributed by atoms with Crippen molar-refractivity contribution in [1.82, 2.24) is 9.97 Å². The van der Waals surface area contributed by atoms with Crippen LogP contribution >= 0.6 is 0 Å². The van der Waals surface area contributed by atoms with E-state index in [4.69, 9.17) is 10.5 Å². The fraction of sp³-hybridized carbons (Fsp3) is 0.333. The first-order valence-corrected chi connectivity index (χ1v) is 6.67. The molecule has 0 saturated heterocycles. The average molecular weight is 255 g/mol. The number of hydrogen-bond donors (Lipinski definition) is 1. The molecule has 4 nitrogen and oxygen atoms in total. The lowest BCUT2D eigenvalue weighted by Crippen LogP contribution is -2.04. The average Bonchev–Trinajstić information content (AvgIpc) is 2.88. The van der Waals surface area contributed by atoms with Crippen LogP contribution in [0.3, 0.4) is 0 Å². The number of ether oxygens (including phenoxy) is 1. The number of nitrogen functional groups attached to an aromatic ring is 1. The van der Waals surface area contributed by atoms with Gasteiger partial charge in [-0.2, -0.15) is 0 Å². The number of nitrogens with zero attached hydrogens (tertiary/aromatic N) is 2. The molecule has 1 aromatic heterocycles. The molecule has 3 rings (SSSR count). The lowest BCUT2D eigenvalue weighted by atomic mass is 10.1. The minimum Gasteiger partial charge on any atom is -0.493 e. The number of aryl methyl sites for hydroxylation is 1. The number of fused-ring (bicyclic) bond motifs is 1. The quantitative estimate of drug-likeness (QED) is 0.915. The van der Waals surface area contributed by atoms with E-state index in [2.05, 4.69) is 9.97 Å². The molecule has 2 aromatic rings. The normalized spacial score (nSPS) is 13.3. The highest BCUT2D eigenvalue weighted by molar-refractivity contribution is 5.66. The van der Waals surface area contributed by atoms with Crippen molar-refractivity contribution in [3.05, 3.63) is 35.5 Å². The molecule has 0 saturated carbocycles. The van der Waals surface area contributed by atoms with Gasteiger partial charge in [0.15, 0.2) is 5.82 Å². The van der Waals surface area contributed by atoms with E-state index < -0.39 is 0 Å². The third-order valence-electron chi connectivity index (χ3n) is 3.39. The van der Waals surface area contributed by atoms with Gasteiger partial charge in [-0.25, -0.2) is 9.97 Å². The van der Waals surface area contributed by atoms with Crippen LogP contribution in [0.5, 0.6) is 5.75 Å². The van der Waals surface area contributed by atoms with Gasteiger partial charge in [0.2, 0.25) is 0 Å². The Morgan fingerprint density at radius 2 is 2.05 bits per heavy atom. The molecule has 0 unspecified atom stereocenters. The molecule has 19 heavy (non-hydrogen) atoms. The molecule has 0 aliphatic heterocycles. The number of nitrogens with two attached hydrogens (primary N) is 1. The van der Waals surface area contributed by atoms with Gasteiger partial charge >= 0.3 is 0 Å². The number of rotatable bonds is 3. The third kappa shape index (κ3) is 2.14. The van der Waals surface area contributed by atoms with E-state index in [0.29, 0.717) is 18.2 Å². The molecule has 0 atom stereocenters. The van der Waals surface area contributed by atoms with Gasteiger partial charge in [-0.3, -0.25) is 0 Å². The Labute approximate surface area is 112 Å². The van der Waals surface area contributed by atoms with Gasteiger partial charge in [0, 0.05) is 11.3 Å². The van der Waals surface area contributed by atoms with Crippen molar-refractivity contribution in [3.63, 3.8) is 0 Å². The largest absolute Gasteiger partial charge is 0.493 e. The third-order valence-corrected chi connectivity index (χ3v) is 3.39. The first-order valence-electron chi connectivity index (χ1n) is 6.67. The lowest BCUT2D eigenvalue weighted by Gasteiger charge is -2.11. The zero-order chi connectivity index (χ0) is 13.2. The van der Waals surface area contributed by atoms with Gasteiger partial charge in [0.25, 0.3) is 0 Å².